The van der Waals surface area contributed by atoms with Gasteiger partial charge in [0, 0.05) is 14.0 Å². The molecule has 1 fully saturated rings. The lowest BCUT2D eigenvalue weighted by atomic mass is 9.88. The van der Waals surface area contributed by atoms with Crippen LogP contribution < -0.4 is 4.90 Å². The van der Waals surface area contributed by atoms with Crippen LogP contribution in [-0.4, -0.2) is 47.6 Å². The second kappa shape index (κ2) is 5.85. The Labute approximate surface area is 125 Å². The molecular weight excluding hydrogens is 268 g/mol. The Morgan fingerprint density at radius 1 is 1.33 bits per heavy atom. The number of para-hydroxylation sites is 1. The summed E-state index contributed by atoms with van der Waals surface area (Å²) in [5.41, 5.74) is 0.348. The highest BCUT2D eigenvalue weighted by molar-refractivity contribution is 6.04. The number of benzene rings is 1. The zero-order valence-electron chi connectivity index (χ0n) is 12.8. The molecule has 1 aromatic rings. The van der Waals surface area contributed by atoms with Crippen molar-refractivity contribution in [3.63, 3.8) is 0 Å². The van der Waals surface area contributed by atoms with Crippen molar-refractivity contribution in [1.82, 2.24) is 4.90 Å². The van der Waals surface area contributed by atoms with Crippen LogP contribution in [0.1, 0.15) is 37.0 Å². The minimum atomic E-state index is -0.744. The molecular formula is C16H22N2O3. The van der Waals surface area contributed by atoms with Gasteiger partial charge in [0.25, 0.3) is 5.91 Å². The van der Waals surface area contributed by atoms with Crippen LogP contribution in [0.25, 0.3) is 0 Å². The van der Waals surface area contributed by atoms with Gasteiger partial charge in [-0.2, -0.15) is 0 Å². The van der Waals surface area contributed by atoms with Crippen LogP contribution in [0.4, 0.5) is 5.69 Å². The first kappa shape index (κ1) is 15.5. The number of carbonyl (C=O) groups is 2. The average molecular weight is 290 g/mol. The highest BCUT2D eigenvalue weighted by Crippen LogP contribution is 2.29. The fraction of sp³-hybridized carbons (Fsp3) is 0.500. The molecule has 0 radical (unpaired) electrons. The zero-order chi connectivity index (χ0) is 15.6. The van der Waals surface area contributed by atoms with Gasteiger partial charge in [0.1, 0.15) is 0 Å². The molecule has 0 unspecified atom stereocenters. The molecule has 1 N–H and O–H groups in total. The second-order valence-electron chi connectivity index (χ2n) is 5.73. The first-order chi connectivity index (χ1) is 9.88. The Morgan fingerprint density at radius 3 is 2.52 bits per heavy atom. The summed E-state index contributed by atoms with van der Waals surface area (Å²) in [6, 6.07) is 7.05. The molecule has 5 nitrogen and oxygen atoms in total. The minimum absolute atomic E-state index is 0.124. The summed E-state index contributed by atoms with van der Waals surface area (Å²) >= 11 is 0. The highest BCUT2D eigenvalue weighted by atomic mass is 16.3. The molecule has 0 saturated carbocycles. The average Bonchev–Trinajstić information content (AvgIpc) is 2.43. The van der Waals surface area contributed by atoms with E-state index >= 15 is 0 Å². The van der Waals surface area contributed by atoms with Gasteiger partial charge < -0.3 is 14.9 Å². The van der Waals surface area contributed by atoms with Gasteiger partial charge >= 0.3 is 0 Å². The van der Waals surface area contributed by atoms with E-state index in [1.807, 2.05) is 6.92 Å². The van der Waals surface area contributed by atoms with Crippen molar-refractivity contribution in [3.05, 3.63) is 29.8 Å². The first-order valence-electron chi connectivity index (χ1n) is 7.23. The van der Waals surface area contributed by atoms with E-state index in [1.165, 1.54) is 11.8 Å². The summed E-state index contributed by atoms with van der Waals surface area (Å²) in [4.78, 5) is 27.2. The second-order valence-corrected chi connectivity index (χ2v) is 5.73. The number of anilines is 1. The molecule has 1 aliphatic heterocycles. The number of carbonyl (C=O) groups excluding carboxylic acids is 2. The SMILES string of the molecule is CCCC1(O)CN(C(=O)c2ccccc2N(C)C(C)=O)C1. The molecule has 0 atom stereocenters. The summed E-state index contributed by atoms with van der Waals surface area (Å²) < 4.78 is 0. The van der Waals surface area contributed by atoms with Gasteiger partial charge in [-0.1, -0.05) is 25.5 Å². The molecule has 1 heterocycles. The number of hydrogen-bond acceptors (Lipinski definition) is 3. The van der Waals surface area contributed by atoms with E-state index in [2.05, 4.69) is 0 Å². The maximum Gasteiger partial charge on any atom is 0.256 e. The smallest absolute Gasteiger partial charge is 0.256 e. The number of hydrogen-bond donors (Lipinski definition) is 1. The lowest BCUT2D eigenvalue weighted by Gasteiger charge is -2.46. The van der Waals surface area contributed by atoms with Crippen LogP contribution in [0.15, 0.2) is 24.3 Å². The van der Waals surface area contributed by atoms with Gasteiger partial charge in [0.2, 0.25) is 5.91 Å². The summed E-state index contributed by atoms with van der Waals surface area (Å²) in [5.74, 6) is -0.263. The van der Waals surface area contributed by atoms with Crippen LogP contribution in [0.2, 0.25) is 0 Å². The quantitative estimate of drug-likeness (QED) is 0.917. The molecule has 114 valence electrons. The fourth-order valence-corrected chi connectivity index (χ4v) is 2.72. The third-order valence-electron chi connectivity index (χ3n) is 3.94. The summed E-state index contributed by atoms with van der Waals surface area (Å²) in [5, 5.41) is 10.2. The Hall–Kier alpha value is -1.88. The monoisotopic (exact) mass is 290 g/mol. The van der Waals surface area contributed by atoms with E-state index in [-0.39, 0.29) is 11.8 Å². The number of aliphatic hydroxyl groups is 1. The third-order valence-corrected chi connectivity index (χ3v) is 3.94. The molecule has 0 aromatic heterocycles. The fourth-order valence-electron chi connectivity index (χ4n) is 2.72. The molecule has 1 aromatic carbocycles. The topological polar surface area (TPSA) is 60.9 Å². The molecule has 2 amide bonds. The lowest BCUT2D eigenvalue weighted by molar-refractivity contribution is -0.116. The molecule has 5 heteroatoms. The molecule has 2 rings (SSSR count). The molecule has 0 bridgehead atoms. The van der Waals surface area contributed by atoms with E-state index in [0.717, 1.165) is 6.42 Å². The number of β-amino-alcohol motifs (C(OH)–C–C–N with tert-alkyl or cyclic N) is 1. The Kier molecular flexibility index (Phi) is 4.32. The number of rotatable bonds is 4. The van der Waals surface area contributed by atoms with Crippen LogP contribution in [0.3, 0.4) is 0 Å². The molecule has 0 aliphatic carbocycles. The van der Waals surface area contributed by atoms with Crippen LogP contribution >= 0.6 is 0 Å². The normalized spacial score (nSPS) is 16.3. The van der Waals surface area contributed by atoms with E-state index in [4.69, 9.17) is 0 Å². The summed E-state index contributed by atoms with van der Waals surface area (Å²) in [6.07, 6.45) is 1.59. The van der Waals surface area contributed by atoms with Crippen molar-refractivity contribution in [2.45, 2.75) is 32.3 Å². The van der Waals surface area contributed by atoms with Gasteiger partial charge in [-0.05, 0) is 18.6 Å². The first-order valence-corrected chi connectivity index (χ1v) is 7.23. The highest BCUT2D eigenvalue weighted by Gasteiger charge is 2.43. The van der Waals surface area contributed by atoms with E-state index < -0.39 is 5.60 Å². The van der Waals surface area contributed by atoms with Crippen molar-refractivity contribution in [2.75, 3.05) is 25.0 Å². The Morgan fingerprint density at radius 2 is 1.95 bits per heavy atom. The van der Waals surface area contributed by atoms with E-state index in [9.17, 15) is 14.7 Å². The van der Waals surface area contributed by atoms with E-state index in [0.29, 0.717) is 30.8 Å². The van der Waals surface area contributed by atoms with Crippen LogP contribution in [0, 0.1) is 0 Å². The number of nitrogens with zero attached hydrogens (tertiary/aromatic N) is 2. The Balaban J connectivity index is 2.16. The predicted octanol–water partition coefficient (Wildman–Crippen LogP) is 1.66. The predicted molar refractivity (Wildman–Crippen MR) is 81.3 cm³/mol. The molecule has 0 spiro atoms. The maximum absolute atomic E-state index is 12.5. The van der Waals surface area contributed by atoms with Gasteiger partial charge in [0.15, 0.2) is 0 Å². The van der Waals surface area contributed by atoms with E-state index in [1.54, 1.807) is 36.2 Å². The molecule has 1 aliphatic rings. The lowest BCUT2D eigenvalue weighted by Crippen LogP contribution is -2.63. The van der Waals surface area contributed by atoms with Crippen LogP contribution in [0.5, 0.6) is 0 Å². The largest absolute Gasteiger partial charge is 0.386 e. The van der Waals surface area contributed by atoms with Gasteiger partial charge in [-0.3, -0.25) is 9.59 Å². The van der Waals surface area contributed by atoms with Gasteiger partial charge in [-0.15, -0.1) is 0 Å². The zero-order valence-corrected chi connectivity index (χ0v) is 12.8. The van der Waals surface area contributed by atoms with Crippen molar-refractivity contribution < 1.29 is 14.7 Å². The number of amides is 2. The maximum atomic E-state index is 12.5. The summed E-state index contributed by atoms with van der Waals surface area (Å²) in [7, 11) is 1.65. The summed E-state index contributed by atoms with van der Waals surface area (Å²) in [6.45, 7) is 4.19. The number of likely N-dealkylation sites (tertiary alicyclic amines) is 1. The third kappa shape index (κ3) is 3.08. The van der Waals surface area contributed by atoms with Crippen molar-refractivity contribution in [2.24, 2.45) is 0 Å². The van der Waals surface area contributed by atoms with Crippen LogP contribution in [-0.2, 0) is 4.79 Å². The van der Waals surface area contributed by atoms with Crippen molar-refractivity contribution in [1.29, 1.82) is 0 Å². The molecule has 1 saturated heterocycles. The minimum Gasteiger partial charge on any atom is -0.386 e. The van der Waals surface area contributed by atoms with Gasteiger partial charge in [-0.25, -0.2) is 0 Å². The molecule has 21 heavy (non-hydrogen) atoms. The van der Waals surface area contributed by atoms with Crippen molar-refractivity contribution >= 4 is 17.5 Å². The standard InChI is InChI=1S/C16H22N2O3/c1-4-9-16(21)10-18(11-16)15(20)13-7-5-6-8-14(13)17(3)12(2)19/h5-8,21H,4,9-11H2,1-3H3. The van der Waals surface area contributed by atoms with Crippen molar-refractivity contribution in [3.8, 4) is 0 Å². The Bertz CT molecular complexity index is 550. The van der Waals surface area contributed by atoms with Gasteiger partial charge in [0.05, 0.1) is 29.9 Å².